The number of rotatable bonds is 7. The molecular weight excluding hydrogens is 344 g/mol. The molecule has 0 bridgehead atoms. The minimum atomic E-state index is -1.04. The number of carboxylic acids is 1. The standard InChI is InChI=1S/C17H22N2O3S2/c1-11(12-5-3-2-4-6-12)13(7-8-18)19-16(20)14-15(17(21)22)24-10-9-23-14/h2-6,11,13H,7-10,18H2,1H3,(H,19,20)(H,21,22)/t11-,13-/m0/s1. The quantitative estimate of drug-likeness (QED) is 0.686. The van der Waals surface area contributed by atoms with Gasteiger partial charge in [-0.2, -0.15) is 0 Å². The second-order valence-corrected chi connectivity index (χ2v) is 7.73. The minimum absolute atomic E-state index is 0.0915. The van der Waals surface area contributed by atoms with Crippen LogP contribution in [0.25, 0.3) is 0 Å². The zero-order chi connectivity index (χ0) is 17.5. The van der Waals surface area contributed by atoms with Crippen molar-refractivity contribution in [1.82, 2.24) is 5.32 Å². The molecule has 1 amide bonds. The second kappa shape index (κ2) is 9.15. The molecule has 2 rings (SSSR count). The van der Waals surface area contributed by atoms with E-state index < -0.39 is 5.97 Å². The number of amides is 1. The molecule has 2 atom stereocenters. The highest BCUT2D eigenvalue weighted by molar-refractivity contribution is 8.11. The van der Waals surface area contributed by atoms with Gasteiger partial charge >= 0.3 is 5.97 Å². The number of hydrogen-bond acceptors (Lipinski definition) is 5. The Morgan fingerprint density at radius 1 is 1.21 bits per heavy atom. The lowest BCUT2D eigenvalue weighted by molar-refractivity contribution is -0.132. The van der Waals surface area contributed by atoms with Gasteiger partial charge in [0.15, 0.2) is 0 Å². The van der Waals surface area contributed by atoms with Crippen LogP contribution in [0.1, 0.15) is 24.8 Å². The Hall–Kier alpha value is -1.44. The van der Waals surface area contributed by atoms with Gasteiger partial charge in [0.05, 0.1) is 4.91 Å². The molecule has 0 fully saturated rings. The lowest BCUT2D eigenvalue weighted by Crippen LogP contribution is -2.41. The van der Waals surface area contributed by atoms with Crippen molar-refractivity contribution in [3.8, 4) is 0 Å². The maximum absolute atomic E-state index is 12.6. The van der Waals surface area contributed by atoms with Gasteiger partial charge < -0.3 is 16.2 Å². The molecule has 24 heavy (non-hydrogen) atoms. The Morgan fingerprint density at radius 2 is 1.83 bits per heavy atom. The van der Waals surface area contributed by atoms with Crippen LogP contribution >= 0.6 is 23.5 Å². The molecule has 130 valence electrons. The van der Waals surface area contributed by atoms with E-state index in [9.17, 15) is 14.7 Å². The first-order valence-corrected chi connectivity index (χ1v) is 9.80. The van der Waals surface area contributed by atoms with Gasteiger partial charge in [-0.1, -0.05) is 37.3 Å². The maximum Gasteiger partial charge on any atom is 0.343 e. The van der Waals surface area contributed by atoms with Gasteiger partial charge in [-0.15, -0.1) is 23.5 Å². The van der Waals surface area contributed by atoms with Crippen molar-refractivity contribution in [2.75, 3.05) is 18.1 Å². The van der Waals surface area contributed by atoms with Crippen molar-refractivity contribution in [2.45, 2.75) is 25.3 Å². The first-order valence-electron chi connectivity index (χ1n) is 7.83. The number of hydrogen-bond donors (Lipinski definition) is 3. The molecule has 0 aromatic heterocycles. The molecule has 5 nitrogen and oxygen atoms in total. The molecule has 0 saturated heterocycles. The summed E-state index contributed by atoms with van der Waals surface area (Å²) in [5, 5.41) is 12.3. The summed E-state index contributed by atoms with van der Waals surface area (Å²) in [6, 6.07) is 9.78. The number of thioether (sulfide) groups is 2. The molecule has 7 heteroatoms. The third kappa shape index (κ3) is 4.78. The molecule has 1 aromatic rings. The van der Waals surface area contributed by atoms with Gasteiger partial charge in [-0.3, -0.25) is 4.79 Å². The highest BCUT2D eigenvalue weighted by atomic mass is 32.2. The fraction of sp³-hybridized carbons (Fsp3) is 0.412. The average molecular weight is 367 g/mol. The molecule has 0 spiro atoms. The van der Waals surface area contributed by atoms with Crippen molar-refractivity contribution >= 4 is 35.4 Å². The predicted molar refractivity (Wildman–Crippen MR) is 100 cm³/mol. The normalized spacial score (nSPS) is 17.2. The highest BCUT2D eigenvalue weighted by Crippen LogP contribution is 2.34. The Labute approximate surface area is 150 Å². The Bertz CT molecular complexity index is 620. The Kier molecular flexibility index (Phi) is 7.20. The van der Waals surface area contributed by atoms with E-state index in [0.717, 1.165) is 11.3 Å². The van der Waals surface area contributed by atoms with Crippen LogP contribution in [0.4, 0.5) is 0 Å². The Balaban J connectivity index is 2.17. The molecule has 0 saturated carbocycles. The van der Waals surface area contributed by atoms with Crippen molar-refractivity contribution in [2.24, 2.45) is 5.73 Å². The van der Waals surface area contributed by atoms with Crippen LogP contribution in [0.2, 0.25) is 0 Å². The van der Waals surface area contributed by atoms with Crippen LogP contribution < -0.4 is 11.1 Å². The van der Waals surface area contributed by atoms with Gasteiger partial charge in [0, 0.05) is 23.5 Å². The smallest absolute Gasteiger partial charge is 0.343 e. The van der Waals surface area contributed by atoms with Crippen LogP contribution in [-0.4, -0.2) is 41.1 Å². The fourth-order valence-electron chi connectivity index (χ4n) is 2.60. The summed E-state index contributed by atoms with van der Waals surface area (Å²) < 4.78 is 0. The molecule has 1 aliphatic rings. The van der Waals surface area contributed by atoms with Crippen molar-refractivity contribution in [1.29, 1.82) is 0 Å². The third-order valence-electron chi connectivity index (χ3n) is 3.91. The van der Waals surface area contributed by atoms with Crippen LogP contribution in [0.15, 0.2) is 40.1 Å². The van der Waals surface area contributed by atoms with Crippen LogP contribution in [0.3, 0.4) is 0 Å². The number of aliphatic carboxylic acids is 1. The molecular formula is C17H22N2O3S2. The van der Waals surface area contributed by atoms with Gasteiger partial charge in [-0.25, -0.2) is 4.79 Å². The average Bonchev–Trinajstić information content (AvgIpc) is 2.61. The molecule has 4 N–H and O–H groups in total. The fourth-order valence-corrected chi connectivity index (χ4v) is 4.78. The molecule has 0 aliphatic carbocycles. The summed E-state index contributed by atoms with van der Waals surface area (Å²) in [4.78, 5) is 24.4. The third-order valence-corrected chi connectivity index (χ3v) is 6.46. The van der Waals surface area contributed by atoms with Crippen LogP contribution in [0, 0.1) is 0 Å². The first kappa shape index (κ1) is 18.9. The number of nitrogens with two attached hydrogens (primary N) is 1. The molecule has 1 aromatic carbocycles. The van der Waals surface area contributed by atoms with E-state index in [1.165, 1.54) is 23.5 Å². The SMILES string of the molecule is C[C@@H](c1ccccc1)[C@H](CCN)NC(=O)C1=C(C(=O)O)SCCS1. The number of nitrogens with one attached hydrogen (secondary N) is 1. The van der Waals surface area contributed by atoms with Crippen LogP contribution in [-0.2, 0) is 9.59 Å². The predicted octanol–water partition coefficient (Wildman–Crippen LogP) is 2.40. The van der Waals surface area contributed by atoms with E-state index in [4.69, 9.17) is 5.73 Å². The summed E-state index contributed by atoms with van der Waals surface area (Å²) in [6.45, 7) is 2.50. The summed E-state index contributed by atoms with van der Waals surface area (Å²) in [5.41, 5.74) is 6.83. The minimum Gasteiger partial charge on any atom is -0.477 e. The van der Waals surface area contributed by atoms with Gasteiger partial charge in [0.2, 0.25) is 0 Å². The summed E-state index contributed by atoms with van der Waals surface area (Å²) in [5.74, 6) is 0.180. The van der Waals surface area contributed by atoms with Crippen molar-refractivity contribution < 1.29 is 14.7 Å². The number of carbonyl (C=O) groups excluding carboxylic acids is 1. The zero-order valence-electron chi connectivity index (χ0n) is 13.5. The monoisotopic (exact) mass is 366 g/mol. The zero-order valence-corrected chi connectivity index (χ0v) is 15.2. The van der Waals surface area contributed by atoms with Crippen LogP contribution in [0.5, 0.6) is 0 Å². The number of carboxylic acid groups (broad SMARTS) is 1. The first-order chi connectivity index (χ1) is 11.5. The van der Waals surface area contributed by atoms with E-state index in [0.29, 0.717) is 23.6 Å². The van der Waals surface area contributed by atoms with E-state index in [-0.39, 0.29) is 22.8 Å². The van der Waals surface area contributed by atoms with E-state index >= 15 is 0 Å². The van der Waals surface area contributed by atoms with Crippen molar-refractivity contribution in [3.63, 3.8) is 0 Å². The lowest BCUT2D eigenvalue weighted by atomic mass is 9.91. The van der Waals surface area contributed by atoms with E-state index in [2.05, 4.69) is 5.32 Å². The largest absolute Gasteiger partial charge is 0.477 e. The summed E-state index contributed by atoms with van der Waals surface area (Å²) in [6.07, 6.45) is 0.634. The molecule has 0 unspecified atom stereocenters. The molecule has 1 aliphatic heterocycles. The topological polar surface area (TPSA) is 92.4 Å². The molecule has 1 heterocycles. The molecule has 0 radical (unpaired) electrons. The summed E-state index contributed by atoms with van der Waals surface area (Å²) >= 11 is 2.54. The van der Waals surface area contributed by atoms with Gasteiger partial charge in [0.25, 0.3) is 5.91 Å². The van der Waals surface area contributed by atoms with E-state index in [1.807, 2.05) is 37.3 Å². The highest BCUT2D eigenvalue weighted by Gasteiger charge is 2.28. The van der Waals surface area contributed by atoms with Crippen molar-refractivity contribution in [3.05, 3.63) is 45.7 Å². The maximum atomic E-state index is 12.6. The second-order valence-electron chi connectivity index (χ2n) is 5.52. The van der Waals surface area contributed by atoms with Gasteiger partial charge in [0.1, 0.15) is 4.91 Å². The summed E-state index contributed by atoms with van der Waals surface area (Å²) in [7, 11) is 0. The Morgan fingerprint density at radius 3 is 2.42 bits per heavy atom. The lowest BCUT2D eigenvalue weighted by Gasteiger charge is -2.26. The number of carbonyl (C=O) groups is 2. The number of benzene rings is 1. The van der Waals surface area contributed by atoms with E-state index in [1.54, 1.807) is 0 Å². The van der Waals surface area contributed by atoms with Gasteiger partial charge in [-0.05, 0) is 18.5 Å².